The van der Waals surface area contributed by atoms with E-state index in [2.05, 4.69) is 76.7 Å². The topological polar surface area (TPSA) is 134 Å². The van der Waals surface area contributed by atoms with E-state index in [0.717, 1.165) is 113 Å². The van der Waals surface area contributed by atoms with E-state index in [-0.39, 0.29) is 11.1 Å². The van der Waals surface area contributed by atoms with Gasteiger partial charge >= 0.3 is 11.9 Å². The van der Waals surface area contributed by atoms with Crippen LogP contribution >= 0.6 is 0 Å². The molecule has 0 saturated carbocycles. The largest absolute Gasteiger partial charge is 0.478 e. The Morgan fingerprint density at radius 2 is 1.08 bits per heavy atom. The molecule has 3 aromatic heterocycles. The first kappa shape index (κ1) is 36.0. The quantitative estimate of drug-likeness (QED) is 0.0646. The number of hydrogen-bond donors (Lipinski definition) is 6. The average Bonchev–Trinajstić information content (AvgIpc) is 3.94. The minimum Gasteiger partial charge on any atom is -0.478 e. The lowest BCUT2D eigenvalue weighted by Gasteiger charge is -2.11. The highest BCUT2D eigenvalue weighted by molar-refractivity contribution is 5.90. The van der Waals surface area contributed by atoms with E-state index in [1.54, 1.807) is 24.3 Å². The minimum absolute atomic E-state index is 0.244. The Labute approximate surface area is 304 Å². The third-order valence-electron chi connectivity index (χ3n) is 9.81. The monoisotopic (exact) mass is 696 g/mol. The number of rotatable bonds is 14. The van der Waals surface area contributed by atoms with Gasteiger partial charge in [0.1, 0.15) is 0 Å². The predicted molar refractivity (Wildman–Crippen MR) is 208 cm³/mol. The van der Waals surface area contributed by atoms with Crippen molar-refractivity contribution in [2.75, 3.05) is 0 Å². The minimum atomic E-state index is -0.954. The Morgan fingerprint density at radius 1 is 0.519 bits per heavy atom. The van der Waals surface area contributed by atoms with Crippen LogP contribution < -0.4 is 16.0 Å². The molecule has 0 unspecified atom stereocenters. The highest BCUT2D eigenvalue weighted by Gasteiger charge is 2.16. The third-order valence-corrected chi connectivity index (χ3v) is 9.81. The molecule has 6 N–H and O–H groups in total. The number of allylic oxidation sites excluding steroid dienone is 1. The zero-order valence-electron chi connectivity index (χ0n) is 30.0. The summed E-state index contributed by atoms with van der Waals surface area (Å²) in [6.07, 6.45) is 14.8. The number of hydrogen-bond acceptors (Lipinski definition) is 3. The van der Waals surface area contributed by atoms with Crippen LogP contribution in [0.1, 0.15) is 133 Å². The van der Waals surface area contributed by atoms with Crippen molar-refractivity contribution in [1.82, 2.24) is 20.3 Å². The lowest BCUT2D eigenvalue weighted by atomic mass is 10.0. The summed E-state index contributed by atoms with van der Waals surface area (Å²) in [5, 5.41) is 24.6. The van der Waals surface area contributed by atoms with Crippen LogP contribution in [0.25, 0.3) is 22.3 Å². The summed E-state index contributed by atoms with van der Waals surface area (Å²) < 4.78 is 0. The molecule has 52 heavy (non-hydrogen) atoms. The number of nitrogens with one attached hydrogen (secondary N) is 4. The zero-order chi connectivity index (χ0) is 36.5. The van der Waals surface area contributed by atoms with E-state index in [1.165, 1.54) is 18.4 Å². The number of aromatic nitrogens is 3. The van der Waals surface area contributed by atoms with Crippen molar-refractivity contribution >= 4 is 34.2 Å². The molecule has 8 heteroatoms. The van der Waals surface area contributed by atoms with Crippen molar-refractivity contribution in [2.45, 2.75) is 78.1 Å². The summed E-state index contributed by atoms with van der Waals surface area (Å²) in [7, 11) is 0. The molecule has 0 radical (unpaired) electrons. The molecule has 2 aromatic carbocycles. The lowest BCUT2D eigenvalue weighted by molar-refractivity contribution is 0.0686. The molecule has 1 aliphatic rings. The highest BCUT2D eigenvalue weighted by atomic mass is 16.4. The third kappa shape index (κ3) is 8.40. The van der Waals surface area contributed by atoms with Crippen molar-refractivity contribution < 1.29 is 19.8 Å². The first-order valence-corrected chi connectivity index (χ1v) is 18.5. The number of fused-ring (bicyclic) bond motifs is 6. The number of carbonyl (C=O) groups is 2. The fourth-order valence-electron chi connectivity index (χ4n) is 6.91. The van der Waals surface area contributed by atoms with Crippen molar-refractivity contribution in [1.29, 1.82) is 0 Å². The maximum atomic E-state index is 11.7. The molecule has 1 aliphatic heterocycles. The van der Waals surface area contributed by atoms with Gasteiger partial charge in [-0.15, -0.1) is 0 Å². The summed E-state index contributed by atoms with van der Waals surface area (Å²) in [5.74, 6) is -1.91. The summed E-state index contributed by atoms with van der Waals surface area (Å²) in [6, 6.07) is 26.8. The molecule has 0 amide bonds. The van der Waals surface area contributed by atoms with E-state index < -0.39 is 11.9 Å². The Balaban J connectivity index is 1.56. The van der Waals surface area contributed by atoms with Crippen LogP contribution in [-0.2, 0) is 0 Å². The predicted octanol–water partition coefficient (Wildman–Crippen LogP) is 8.79. The maximum absolute atomic E-state index is 11.7. The SMILES string of the molecule is CCCCCCC1=CNC=C(c2ccc(C(=O)O)cc2)c2ccc([nH]2)C(CCCCCC)=c2ccc([nH]2)=C(c2ccc(C(=O)O)cc2)c2ccc1[nH]2. The van der Waals surface area contributed by atoms with Gasteiger partial charge in [0.25, 0.3) is 0 Å². The van der Waals surface area contributed by atoms with Crippen molar-refractivity contribution in [2.24, 2.45) is 0 Å². The molecular formula is C44H48N4O4. The summed E-state index contributed by atoms with van der Waals surface area (Å²) in [4.78, 5) is 34.6. The fourth-order valence-corrected chi connectivity index (χ4v) is 6.91. The second kappa shape index (κ2) is 17.0. The van der Waals surface area contributed by atoms with Gasteiger partial charge in [-0.25, -0.2) is 9.59 Å². The van der Waals surface area contributed by atoms with Gasteiger partial charge in [-0.05, 0) is 109 Å². The first-order valence-electron chi connectivity index (χ1n) is 18.5. The van der Waals surface area contributed by atoms with Crippen LogP contribution in [0.4, 0.5) is 0 Å². The van der Waals surface area contributed by atoms with Gasteiger partial charge in [-0.2, -0.15) is 0 Å². The smallest absolute Gasteiger partial charge is 0.335 e. The number of unbranched alkanes of at least 4 members (excludes halogenated alkanes) is 6. The van der Waals surface area contributed by atoms with E-state index in [4.69, 9.17) is 0 Å². The number of benzene rings is 2. The van der Waals surface area contributed by atoms with Gasteiger partial charge in [0, 0.05) is 57.0 Å². The maximum Gasteiger partial charge on any atom is 0.335 e. The second-order valence-corrected chi connectivity index (χ2v) is 13.5. The van der Waals surface area contributed by atoms with Gasteiger partial charge in [0.2, 0.25) is 0 Å². The van der Waals surface area contributed by atoms with E-state index in [9.17, 15) is 19.8 Å². The van der Waals surface area contributed by atoms with Gasteiger partial charge in [0.15, 0.2) is 0 Å². The standard InChI is InChI=1S/C44H48N4O4/c1-3-5-7-9-11-33-27-45-28-35(29-13-17-31(18-14-29)43(49)50)39-23-22-37(47-39)34(12-10-8-6-4-2)38-24-26-41(48-38)42(40-25-21-36(33)46-40)30-15-19-32(20-16-30)44(51)52/h13-28,45-48H,3-12H2,1-2H3,(H,49,50)(H,51,52). The highest BCUT2D eigenvalue weighted by Crippen LogP contribution is 2.29. The van der Waals surface area contributed by atoms with Gasteiger partial charge in [-0.1, -0.05) is 76.6 Å². The van der Waals surface area contributed by atoms with Crippen molar-refractivity contribution in [3.8, 4) is 0 Å². The lowest BCUT2D eigenvalue weighted by Crippen LogP contribution is -2.17. The van der Waals surface area contributed by atoms with Gasteiger partial charge < -0.3 is 30.5 Å². The van der Waals surface area contributed by atoms with Crippen LogP contribution in [0.3, 0.4) is 0 Å². The number of carboxylic acids is 2. The molecule has 0 atom stereocenters. The Bertz CT molecular complexity index is 2190. The van der Waals surface area contributed by atoms with Crippen molar-refractivity contribution in [3.05, 3.63) is 153 Å². The molecule has 0 fully saturated rings. The van der Waals surface area contributed by atoms with Gasteiger partial charge in [-0.3, -0.25) is 0 Å². The summed E-state index contributed by atoms with van der Waals surface area (Å²) in [6.45, 7) is 4.43. The summed E-state index contributed by atoms with van der Waals surface area (Å²) >= 11 is 0. The molecule has 5 aromatic rings. The Morgan fingerprint density at radius 3 is 1.73 bits per heavy atom. The van der Waals surface area contributed by atoms with Crippen LogP contribution in [0.5, 0.6) is 0 Å². The molecule has 6 bridgehead atoms. The fraction of sp³-hybridized carbons (Fsp3) is 0.273. The van der Waals surface area contributed by atoms with E-state index >= 15 is 0 Å². The number of aromatic amines is 3. The first-order chi connectivity index (χ1) is 25.4. The normalized spacial score (nSPS) is 13.0. The van der Waals surface area contributed by atoms with Crippen LogP contribution in [0, 0.1) is 0 Å². The molecule has 0 spiro atoms. The average molecular weight is 697 g/mol. The van der Waals surface area contributed by atoms with Crippen LogP contribution in [-0.4, -0.2) is 37.1 Å². The van der Waals surface area contributed by atoms with E-state index in [1.807, 2.05) is 30.5 Å². The molecule has 0 aliphatic carbocycles. The van der Waals surface area contributed by atoms with Crippen LogP contribution in [0.2, 0.25) is 0 Å². The zero-order valence-corrected chi connectivity index (χ0v) is 30.0. The number of carboxylic acid groups (broad SMARTS) is 2. The number of aromatic carboxylic acids is 2. The molecule has 8 nitrogen and oxygen atoms in total. The molecule has 6 rings (SSSR count). The number of H-pyrrole nitrogens is 3. The van der Waals surface area contributed by atoms with Crippen molar-refractivity contribution in [3.63, 3.8) is 0 Å². The molecule has 4 heterocycles. The Kier molecular flexibility index (Phi) is 11.8. The second-order valence-electron chi connectivity index (χ2n) is 13.5. The van der Waals surface area contributed by atoms with E-state index in [0.29, 0.717) is 0 Å². The molecular weight excluding hydrogens is 649 g/mol. The molecule has 0 saturated heterocycles. The summed E-state index contributed by atoms with van der Waals surface area (Å²) in [5.41, 5.74) is 10.4. The molecule has 268 valence electrons. The Hall–Kier alpha value is -5.76. The van der Waals surface area contributed by atoms with Crippen LogP contribution in [0.15, 0.2) is 97.3 Å². The van der Waals surface area contributed by atoms with Gasteiger partial charge in [0.05, 0.1) is 11.1 Å².